The van der Waals surface area contributed by atoms with Gasteiger partial charge in [0.1, 0.15) is 6.04 Å². The summed E-state index contributed by atoms with van der Waals surface area (Å²) in [5.74, 6) is 0.763. The molecule has 38 heavy (non-hydrogen) atoms. The van der Waals surface area contributed by atoms with Gasteiger partial charge in [0.05, 0.1) is 0 Å². The van der Waals surface area contributed by atoms with Crippen LogP contribution in [0.1, 0.15) is 49.7 Å². The summed E-state index contributed by atoms with van der Waals surface area (Å²) in [5, 5.41) is 3.98. The highest BCUT2D eigenvalue weighted by Crippen LogP contribution is 2.24. The van der Waals surface area contributed by atoms with Crippen molar-refractivity contribution >= 4 is 51.1 Å². The first-order valence-electron chi connectivity index (χ1n) is 13.2. The topological polar surface area (TPSA) is 49.4 Å². The monoisotopic (exact) mass is 612 g/mol. The van der Waals surface area contributed by atoms with Crippen LogP contribution in [0.2, 0.25) is 5.02 Å². The fourth-order valence-corrected chi connectivity index (χ4v) is 6.27. The van der Waals surface area contributed by atoms with Crippen molar-refractivity contribution in [1.82, 2.24) is 10.2 Å². The smallest absolute Gasteiger partial charge is 0.243 e. The van der Waals surface area contributed by atoms with Crippen LogP contribution in [0.15, 0.2) is 88.2 Å². The van der Waals surface area contributed by atoms with E-state index >= 15 is 0 Å². The van der Waals surface area contributed by atoms with Gasteiger partial charge >= 0.3 is 0 Å². The minimum Gasteiger partial charge on any atom is -0.352 e. The fraction of sp³-hybridized carbons (Fsp3) is 0.355. The molecule has 1 N–H and O–H groups in total. The number of carbonyl (C=O) groups is 2. The van der Waals surface area contributed by atoms with E-state index in [1.165, 1.54) is 0 Å². The number of nitrogens with zero attached hydrogens (tertiary/aromatic N) is 1. The number of halogens is 2. The Kier molecular flexibility index (Phi) is 11.2. The number of amides is 2. The zero-order chi connectivity index (χ0) is 26.7. The molecule has 0 aliphatic heterocycles. The Morgan fingerprint density at radius 1 is 0.974 bits per heavy atom. The van der Waals surface area contributed by atoms with Crippen molar-refractivity contribution in [2.75, 3.05) is 5.75 Å². The van der Waals surface area contributed by atoms with Crippen molar-refractivity contribution in [3.05, 3.63) is 99.5 Å². The molecule has 4 nitrogen and oxygen atoms in total. The predicted octanol–water partition coefficient (Wildman–Crippen LogP) is 7.67. The third-order valence-corrected chi connectivity index (χ3v) is 8.68. The molecule has 1 fully saturated rings. The second-order valence-electron chi connectivity index (χ2n) is 9.75. The molecule has 2 amide bonds. The molecule has 0 heterocycles. The molecule has 0 radical (unpaired) electrons. The Morgan fingerprint density at radius 2 is 1.68 bits per heavy atom. The van der Waals surface area contributed by atoms with Crippen LogP contribution in [-0.4, -0.2) is 34.6 Å². The van der Waals surface area contributed by atoms with Crippen molar-refractivity contribution in [3.8, 4) is 0 Å². The summed E-state index contributed by atoms with van der Waals surface area (Å²) in [5.41, 5.74) is 2.04. The lowest BCUT2D eigenvalue weighted by Gasteiger charge is -2.32. The maximum atomic E-state index is 13.8. The van der Waals surface area contributed by atoms with E-state index in [9.17, 15) is 9.59 Å². The molecule has 3 aromatic carbocycles. The fourth-order valence-electron chi connectivity index (χ4n) is 4.84. The number of rotatable bonds is 12. The van der Waals surface area contributed by atoms with E-state index in [4.69, 9.17) is 11.6 Å². The van der Waals surface area contributed by atoms with E-state index in [-0.39, 0.29) is 17.9 Å². The Labute approximate surface area is 243 Å². The van der Waals surface area contributed by atoms with Crippen LogP contribution in [0.5, 0.6) is 0 Å². The van der Waals surface area contributed by atoms with Gasteiger partial charge in [-0.05, 0) is 72.5 Å². The Hall–Kier alpha value is -2.28. The van der Waals surface area contributed by atoms with Crippen LogP contribution in [0.25, 0.3) is 0 Å². The minimum atomic E-state index is -0.576. The second kappa shape index (κ2) is 14.8. The summed E-state index contributed by atoms with van der Waals surface area (Å²) in [6.07, 6.45) is 5.88. The van der Waals surface area contributed by atoms with Crippen LogP contribution in [-0.2, 0) is 22.6 Å². The number of benzene rings is 3. The third kappa shape index (κ3) is 8.89. The predicted molar refractivity (Wildman–Crippen MR) is 160 cm³/mol. The summed E-state index contributed by atoms with van der Waals surface area (Å²) < 4.78 is 0.955. The van der Waals surface area contributed by atoms with Gasteiger partial charge in [-0.3, -0.25) is 9.59 Å². The van der Waals surface area contributed by atoms with Gasteiger partial charge in [-0.25, -0.2) is 0 Å². The lowest BCUT2D eigenvalue weighted by atomic mass is 10.0. The molecule has 0 saturated heterocycles. The van der Waals surface area contributed by atoms with Crippen molar-refractivity contribution in [1.29, 1.82) is 0 Å². The van der Waals surface area contributed by atoms with Crippen LogP contribution in [0, 0.1) is 0 Å². The molecule has 1 atom stereocenters. The normalized spacial score (nSPS) is 14.3. The van der Waals surface area contributed by atoms with Crippen molar-refractivity contribution in [2.24, 2.45) is 0 Å². The van der Waals surface area contributed by atoms with E-state index < -0.39 is 6.04 Å². The van der Waals surface area contributed by atoms with Crippen molar-refractivity contribution in [3.63, 3.8) is 0 Å². The standard InChI is InChI=1S/C31H34BrClN2O2S/c32-25-11-6-10-24(20-25)22-35(30(36)14-7-19-38-28-17-15-26(33)16-18-28)29(21-23-8-2-1-3-9-23)31(37)34-27-12-4-5-13-27/h1-3,6,8-11,15-18,20,27,29H,4-5,7,12-14,19,21-22H2,(H,34,37)/t29-/m1/s1. The van der Waals surface area contributed by atoms with E-state index in [1.54, 1.807) is 16.7 Å². The Balaban J connectivity index is 1.51. The molecule has 7 heteroatoms. The first kappa shape index (κ1) is 28.7. The highest BCUT2D eigenvalue weighted by atomic mass is 79.9. The van der Waals surface area contributed by atoms with E-state index in [0.717, 1.165) is 58.4 Å². The maximum Gasteiger partial charge on any atom is 0.243 e. The van der Waals surface area contributed by atoms with Gasteiger partial charge in [-0.15, -0.1) is 11.8 Å². The summed E-state index contributed by atoms with van der Waals surface area (Å²) in [4.78, 5) is 30.4. The van der Waals surface area contributed by atoms with Gasteiger partial charge in [0, 0.05) is 39.8 Å². The lowest BCUT2D eigenvalue weighted by Crippen LogP contribution is -2.52. The number of hydrogen-bond donors (Lipinski definition) is 1. The van der Waals surface area contributed by atoms with Gasteiger partial charge in [0.2, 0.25) is 11.8 Å². The third-order valence-electron chi connectivity index (χ3n) is 6.83. The van der Waals surface area contributed by atoms with E-state index in [1.807, 2.05) is 78.9 Å². The SMILES string of the molecule is O=C(NC1CCCC1)[C@@H](Cc1ccccc1)N(Cc1cccc(Br)c1)C(=O)CCCSc1ccc(Cl)cc1. The Morgan fingerprint density at radius 3 is 2.39 bits per heavy atom. The molecule has 0 bridgehead atoms. The van der Waals surface area contributed by atoms with Crippen molar-refractivity contribution < 1.29 is 9.59 Å². The van der Waals surface area contributed by atoms with Crippen LogP contribution in [0.4, 0.5) is 0 Å². The summed E-state index contributed by atoms with van der Waals surface area (Å²) >= 11 is 11.3. The Bertz CT molecular complexity index is 1190. The van der Waals surface area contributed by atoms with E-state index in [0.29, 0.717) is 24.4 Å². The van der Waals surface area contributed by atoms with Gasteiger partial charge in [-0.2, -0.15) is 0 Å². The molecule has 0 aromatic heterocycles. The molecule has 3 aromatic rings. The molecule has 200 valence electrons. The van der Waals surface area contributed by atoms with Gasteiger partial charge in [-0.1, -0.05) is 82.8 Å². The lowest BCUT2D eigenvalue weighted by molar-refractivity contribution is -0.141. The van der Waals surface area contributed by atoms with E-state index in [2.05, 4.69) is 21.2 Å². The minimum absolute atomic E-state index is 0.00387. The average molecular weight is 614 g/mol. The summed E-state index contributed by atoms with van der Waals surface area (Å²) in [6, 6.07) is 25.3. The number of nitrogens with one attached hydrogen (secondary N) is 1. The molecule has 1 aliphatic rings. The average Bonchev–Trinajstić information content (AvgIpc) is 3.43. The molecule has 0 spiro atoms. The quantitative estimate of drug-likeness (QED) is 0.168. The molecule has 4 rings (SSSR count). The largest absolute Gasteiger partial charge is 0.352 e. The maximum absolute atomic E-state index is 13.8. The first-order chi connectivity index (χ1) is 18.5. The zero-order valence-corrected chi connectivity index (χ0v) is 24.6. The molecule has 1 aliphatic carbocycles. The number of hydrogen-bond acceptors (Lipinski definition) is 3. The van der Waals surface area contributed by atoms with Gasteiger partial charge < -0.3 is 10.2 Å². The van der Waals surface area contributed by atoms with Crippen LogP contribution in [0.3, 0.4) is 0 Å². The van der Waals surface area contributed by atoms with Crippen molar-refractivity contribution in [2.45, 2.75) is 68.5 Å². The summed E-state index contributed by atoms with van der Waals surface area (Å²) in [6.45, 7) is 0.387. The first-order valence-corrected chi connectivity index (χ1v) is 15.4. The highest BCUT2D eigenvalue weighted by Gasteiger charge is 2.32. The zero-order valence-electron chi connectivity index (χ0n) is 21.5. The summed E-state index contributed by atoms with van der Waals surface area (Å²) in [7, 11) is 0. The molecular weight excluding hydrogens is 580 g/mol. The number of thioether (sulfide) groups is 1. The highest BCUT2D eigenvalue weighted by molar-refractivity contribution is 9.10. The molecule has 1 saturated carbocycles. The van der Waals surface area contributed by atoms with Gasteiger partial charge in [0.15, 0.2) is 0 Å². The number of carbonyl (C=O) groups excluding carboxylic acids is 2. The second-order valence-corrected chi connectivity index (χ2v) is 12.3. The van der Waals surface area contributed by atoms with Crippen LogP contribution >= 0.6 is 39.3 Å². The van der Waals surface area contributed by atoms with Gasteiger partial charge in [0.25, 0.3) is 0 Å². The van der Waals surface area contributed by atoms with Crippen LogP contribution < -0.4 is 5.32 Å². The molecule has 0 unspecified atom stereocenters. The molecular formula is C31H34BrClN2O2S.